The van der Waals surface area contributed by atoms with E-state index in [9.17, 15) is 8.78 Å². The van der Waals surface area contributed by atoms with Gasteiger partial charge in [-0.15, -0.1) is 0 Å². The zero-order valence-electron chi connectivity index (χ0n) is 23.8. The lowest BCUT2D eigenvalue weighted by atomic mass is 9.95. The van der Waals surface area contributed by atoms with E-state index in [2.05, 4.69) is 25.1 Å². The molecular formula is C30H31ClF3N7O2S. The van der Waals surface area contributed by atoms with Gasteiger partial charge < -0.3 is 25.4 Å². The second kappa shape index (κ2) is 10.7. The maximum Gasteiger partial charge on any atom is 0.319 e. The Morgan fingerprint density at radius 1 is 1.16 bits per heavy atom. The van der Waals surface area contributed by atoms with Crippen LogP contribution >= 0.6 is 22.9 Å². The van der Waals surface area contributed by atoms with Crippen molar-refractivity contribution < 1.29 is 22.6 Å². The van der Waals surface area contributed by atoms with E-state index in [1.165, 1.54) is 12.1 Å². The summed E-state index contributed by atoms with van der Waals surface area (Å²) >= 11 is 7.96. The molecule has 0 bridgehead atoms. The summed E-state index contributed by atoms with van der Waals surface area (Å²) in [4.78, 5) is 18.1. The topological polar surface area (TPSA) is 102 Å². The molecule has 0 saturated carbocycles. The fraction of sp³-hybridized carbons (Fsp3) is 0.500. The SMILES string of the molecule is Nc1nc2c(-c3c(Cl)c4c5c(nc(OC[C@@]67CCCN6C[C@H](F)C7)nc5c3F)N(C3CCNCC3)CCO4)ccc(F)c2s1. The third-order valence-corrected chi connectivity index (χ3v) is 10.8. The number of nitrogens with zero attached hydrogens (tertiary/aromatic N) is 5. The van der Waals surface area contributed by atoms with E-state index in [4.69, 9.17) is 31.8 Å². The number of benzene rings is 2. The Morgan fingerprint density at radius 2 is 2.00 bits per heavy atom. The quantitative estimate of drug-likeness (QED) is 0.298. The Labute approximate surface area is 260 Å². The number of thiazole rings is 1. The van der Waals surface area contributed by atoms with E-state index in [1.807, 2.05) is 0 Å². The highest BCUT2D eigenvalue weighted by Gasteiger charge is 2.49. The highest BCUT2D eigenvalue weighted by atomic mass is 35.5. The van der Waals surface area contributed by atoms with Crippen LogP contribution in [-0.4, -0.2) is 83.5 Å². The number of anilines is 2. The number of alkyl halides is 1. The number of nitrogen functional groups attached to an aromatic ring is 1. The average Bonchev–Trinajstić information content (AvgIpc) is 3.64. The fourth-order valence-electron chi connectivity index (χ4n) is 7.55. The van der Waals surface area contributed by atoms with Crippen LogP contribution in [0.4, 0.5) is 24.1 Å². The first-order valence-electron chi connectivity index (χ1n) is 15.0. The van der Waals surface area contributed by atoms with Gasteiger partial charge in [0.15, 0.2) is 16.7 Å². The highest BCUT2D eigenvalue weighted by Crippen LogP contribution is 2.50. The molecule has 0 unspecified atom stereocenters. The molecule has 232 valence electrons. The van der Waals surface area contributed by atoms with Gasteiger partial charge in [0.05, 0.1) is 32.7 Å². The maximum absolute atomic E-state index is 16.9. The third kappa shape index (κ3) is 4.45. The molecule has 0 radical (unpaired) electrons. The van der Waals surface area contributed by atoms with E-state index in [0.29, 0.717) is 30.7 Å². The minimum Gasteiger partial charge on any atom is -0.489 e. The van der Waals surface area contributed by atoms with Gasteiger partial charge >= 0.3 is 6.01 Å². The molecule has 4 aromatic rings. The standard InChI is InChI=1S/C30H31ClF3N7O2S/c31-21-19(17-2-3-18(33)26-23(17)37-28(35)44-26)22(34)24-20-25(21)42-11-10-41(16-4-7-36-8-5-16)27(20)39-29(38-24)43-14-30-6-1-9-40(30)13-15(32)12-30/h2-3,15-16,36H,1,4-14H2,(H2,35,37)/t15-,30+/m1/s1. The Morgan fingerprint density at radius 3 is 2.84 bits per heavy atom. The Hall–Kier alpha value is -3.13. The number of aromatic nitrogens is 3. The van der Waals surface area contributed by atoms with Crippen molar-refractivity contribution >= 4 is 55.0 Å². The molecule has 0 spiro atoms. The summed E-state index contributed by atoms with van der Waals surface area (Å²) in [6, 6.07) is 2.84. The van der Waals surface area contributed by atoms with Gasteiger partial charge in [-0.2, -0.15) is 9.97 Å². The van der Waals surface area contributed by atoms with Gasteiger partial charge in [0.25, 0.3) is 0 Å². The van der Waals surface area contributed by atoms with Crippen molar-refractivity contribution in [1.29, 1.82) is 0 Å². The van der Waals surface area contributed by atoms with Crippen LogP contribution in [0.5, 0.6) is 11.8 Å². The number of piperidine rings is 1. The molecule has 9 nitrogen and oxygen atoms in total. The second-order valence-corrected chi connectivity index (χ2v) is 13.5. The molecule has 3 fully saturated rings. The molecule has 4 aliphatic rings. The molecule has 0 amide bonds. The zero-order chi connectivity index (χ0) is 30.2. The predicted molar refractivity (Wildman–Crippen MR) is 165 cm³/mol. The van der Waals surface area contributed by atoms with E-state index in [0.717, 1.165) is 56.7 Å². The maximum atomic E-state index is 16.9. The van der Waals surface area contributed by atoms with Crippen molar-refractivity contribution in [1.82, 2.24) is 25.2 Å². The van der Waals surface area contributed by atoms with Gasteiger partial charge in [0.1, 0.15) is 36.5 Å². The number of nitrogens with one attached hydrogen (secondary N) is 1. The summed E-state index contributed by atoms with van der Waals surface area (Å²) in [6.07, 6.45) is 3.01. The number of ether oxygens (including phenoxy) is 2. The molecule has 6 heterocycles. The lowest BCUT2D eigenvalue weighted by Gasteiger charge is -2.35. The van der Waals surface area contributed by atoms with Crippen molar-refractivity contribution in [2.24, 2.45) is 0 Å². The lowest BCUT2D eigenvalue weighted by Crippen LogP contribution is -2.45. The molecule has 2 atom stereocenters. The molecule has 2 aromatic heterocycles. The molecular weight excluding hydrogens is 615 g/mol. The highest BCUT2D eigenvalue weighted by molar-refractivity contribution is 7.22. The van der Waals surface area contributed by atoms with Gasteiger partial charge in [0, 0.05) is 30.1 Å². The van der Waals surface area contributed by atoms with E-state index >= 15 is 4.39 Å². The summed E-state index contributed by atoms with van der Waals surface area (Å²) in [7, 11) is 0. The van der Waals surface area contributed by atoms with E-state index in [1.54, 1.807) is 0 Å². The molecule has 14 heteroatoms. The van der Waals surface area contributed by atoms with Crippen LogP contribution in [0, 0.1) is 11.6 Å². The van der Waals surface area contributed by atoms with Crippen LogP contribution in [0.2, 0.25) is 5.02 Å². The lowest BCUT2D eigenvalue weighted by molar-refractivity contribution is 0.107. The molecule has 2 aromatic carbocycles. The number of nitrogens with two attached hydrogens (primary N) is 1. The van der Waals surface area contributed by atoms with Crippen LogP contribution in [0.15, 0.2) is 12.1 Å². The minimum atomic E-state index is -0.911. The summed E-state index contributed by atoms with van der Waals surface area (Å²) < 4.78 is 58.8. The van der Waals surface area contributed by atoms with Crippen molar-refractivity contribution in [2.45, 2.75) is 49.9 Å². The van der Waals surface area contributed by atoms with Crippen LogP contribution in [0.25, 0.3) is 32.2 Å². The van der Waals surface area contributed by atoms with E-state index < -0.39 is 23.3 Å². The Balaban J connectivity index is 1.32. The number of hydrogen-bond acceptors (Lipinski definition) is 10. The van der Waals surface area contributed by atoms with Gasteiger partial charge in [0.2, 0.25) is 0 Å². The van der Waals surface area contributed by atoms with E-state index in [-0.39, 0.29) is 68.0 Å². The van der Waals surface area contributed by atoms with Crippen LogP contribution in [0.3, 0.4) is 0 Å². The van der Waals surface area contributed by atoms with Crippen LogP contribution < -0.4 is 25.4 Å². The number of hydrogen-bond donors (Lipinski definition) is 2. The first kappa shape index (κ1) is 28.4. The molecule has 8 rings (SSSR count). The fourth-order valence-corrected chi connectivity index (χ4v) is 8.64. The molecule has 0 aliphatic carbocycles. The summed E-state index contributed by atoms with van der Waals surface area (Å²) in [5, 5.41) is 3.93. The monoisotopic (exact) mass is 645 g/mol. The Bertz CT molecular complexity index is 1790. The third-order valence-electron chi connectivity index (χ3n) is 9.56. The van der Waals surface area contributed by atoms with Crippen molar-refractivity contribution in [3.63, 3.8) is 0 Å². The van der Waals surface area contributed by atoms with Crippen LogP contribution in [0.1, 0.15) is 32.1 Å². The first-order valence-corrected chi connectivity index (χ1v) is 16.2. The molecule has 3 saturated heterocycles. The normalized spacial score (nSPS) is 24.2. The molecule has 44 heavy (non-hydrogen) atoms. The number of rotatable bonds is 5. The molecule has 4 aliphatic heterocycles. The van der Waals surface area contributed by atoms with Gasteiger partial charge in [-0.25, -0.2) is 18.2 Å². The summed E-state index contributed by atoms with van der Waals surface area (Å²) in [5.74, 6) is -0.476. The predicted octanol–water partition coefficient (Wildman–Crippen LogP) is 5.33. The average molecular weight is 646 g/mol. The number of fused-ring (bicyclic) bond motifs is 2. The summed E-state index contributed by atoms with van der Waals surface area (Å²) in [5.41, 5.74) is 5.96. The van der Waals surface area contributed by atoms with Gasteiger partial charge in [-0.3, -0.25) is 4.90 Å². The number of halogens is 4. The van der Waals surface area contributed by atoms with Gasteiger partial charge in [-0.1, -0.05) is 22.9 Å². The van der Waals surface area contributed by atoms with Crippen molar-refractivity contribution in [2.75, 3.05) is 56.6 Å². The van der Waals surface area contributed by atoms with Gasteiger partial charge in [-0.05, 0) is 57.5 Å². The second-order valence-electron chi connectivity index (χ2n) is 12.1. The van der Waals surface area contributed by atoms with Crippen LogP contribution in [-0.2, 0) is 0 Å². The minimum absolute atomic E-state index is 0.00740. The van der Waals surface area contributed by atoms with Crippen molar-refractivity contribution in [3.8, 4) is 22.9 Å². The molecule has 3 N–H and O–H groups in total. The Kier molecular flexibility index (Phi) is 6.92. The smallest absolute Gasteiger partial charge is 0.319 e. The zero-order valence-corrected chi connectivity index (χ0v) is 25.4. The first-order chi connectivity index (χ1) is 21.3. The van der Waals surface area contributed by atoms with Crippen molar-refractivity contribution in [3.05, 3.63) is 28.8 Å². The largest absolute Gasteiger partial charge is 0.489 e. The summed E-state index contributed by atoms with van der Waals surface area (Å²) in [6.45, 7) is 3.90.